The number of thioether (sulfide) groups is 1. The van der Waals surface area contributed by atoms with Crippen molar-refractivity contribution in [2.45, 2.75) is 10.1 Å². The highest BCUT2D eigenvalue weighted by Crippen LogP contribution is 2.38. The third kappa shape index (κ3) is 6.19. The van der Waals surface area contributed by atoms with Gasteiger partial charge in [-0.25, -0.2) is 4.39 Å². The minimum absolute atomic E-state index is 0.276. The summed E-state index contributed by atoms with van der Waals surface area (Å²) in [6, 6.07) is 9.85. The molecule has 0 aliphatic rings. The van der Waals surface area contributed by atoms with E-state index in [0.29, 0.717) is 38.0 Å². The van der Waals surface area contributed by atoms with Crippen LogP contribution >= 0.6 is 23.1 Å². The van der Waals surface area contributed by atoms with Gasteiger partial charge in [0.1, 0.15) is 5.82 Å². The van der Waals surface area contributed by atoms with Crippen LogP contribution in [0, 0.1) is 5.82 Å². The molecule has 2 aromatic carbocycles. The monoisotopic (exact) mass is 461 g/mol. The van der Waals surface area contributed by atoms with Crippen LogP contribution in [0.5, 0.6) is 17.2 Å². The van der Waals surface area contributed by atoms with Crippen LogP contribution in [0.1, 0.15) is 11.1 Å². The molecule has 0 atom stereocenters. The Morgan fingerprint density at radius 3 is 2.52 bits per heavy atom. The van der Waals surface area contributed by atoms with Gasteiger partial charge in [-0.15, -0.1) is 10.2 Å². The minimum atomic E-state index is -0.355. The molecule has 1 heterocycles. The van der Waals surface area contributed by atoms with Crippen molar-refractivity contribution in [1.82, 2.24) is 10.2 Å². The number of aromatic nitrogens is 2. The number of halogens is 1. The topological polar surface area (TPSA) is 82.6 Å². The number of methoxy groups -OCH3 is 3. The van der Waals surface area contributed by atoms with Crippen LogP contribution in [0.15, 0.2) is 46.8 Å². The zero-order valence-electron chi connectivity index (χ0n) is 17.0. The van der Waals surface area contributed by atoms with Crippen molar-refractivity contribution in [1.29, 1.82) is 0 Å². The number of nitrogens with one attached hydrogen (secondary N) is 1. The maximum Gasteiger partial charge on any atom is 0.250 e. The summed E-state index contributed by atoms with van der Waals surface area (Å²) in [5.41, 5.74) is 1.55. The first-order chi connectivity index (χ1) is 15.0. The Morgan fingerprint density at radius 1 is 1.13 bits per heavy atom. The second-order valence-corrected chi connectivity index (χ2v) is 8.27. The Bertz CT molecular complexity index is 1060. The summed E-state index contributed by atoms with van der Waals surface area (Å²) < 4.78 is 29.8. The van der Waals surface area contributed by atoms with Crippen molar-refractivity contribution in [3.63, 3.8) is 0 Å². The Labute approximate surface area is 187 Å². The lowest BCUT2D eigenvalue weighted by Gasteiger charge is -2.12. The summed E-state index contributed by atoms with van der Waals surface area (Å²) in [5.74, 6) is 1.39. The molecular weight excluding hydrogens is 441 g/mol. The first-order valence-corrected chi connectivity index (χ1v) is 10.8. The maximum absolute atomic E-state index is 13.2. The highest BCUT2D eigenvalue weighted by Gasteiger charge is 2.12. The van der Waals surface area contributed by atoms with E-state index in [4.69, 9.17) is 14.2 Å². The summed E-state index contributed by atoms with van der Waals surface area (Å²) in [4.78, 5) is 12.2. The molecule has 1 aromatic heterocycles. The molecule has 0 aliphatic carbocycles. The van der Waals surface area contributed by atoms with E-state index in [1.54, 1.807) is 24.3 Å². The number of amides is 1. The Hall–Kier alpha value is -3.11. The van der Waals surface area contributed by atoms with Crippen LogP contribution in [-0.4, -0.2) is 37.4 Å². The molecule has 0 bridgehead atoms. The van der Waals surface area contributed by atoms with Gasteiger partial charge in [0, 0.05) is 11.8 Å². The molecule has 10 heteroatoms. The molecule has 0 saturated heterocycles. The van der Waals surface area contributed by atoms with E-state index in [0.717, 1.165) is 5.56 Å². The van der Waals surface area contributed by atoms with Crippen molar-refractivity contribution >= 4 is 40.2 Å². The number of hydrogen-bond acceptors (Lipinski definition) is 8. The fraction of sp³-hybridized carbons (Fsp3) is 0.190. The summed E-state index contributed by atoms with van der Waals surface area (Å²) in [7, 11) is 4.57. The molecule has 1 N–H and O–H groups in total. The predicted octanol–water partition coefficient (Wildman–Crippen LogP) is 4.65. The van der Waals surface area contributed by atoms with Gasteiger partial charge in [0.05, 0.1) is 21.3 Å². The lowest BCUT2D eigenvalue weighted by atomic mass is 10.1. The predicted molar refractivity (Wildman–Crippen MR) is 120 cm³/mol. The van der Waals surface area contributed by atoms with Gasteiger partial charge in [0.2, 0.25) is 16.8 Å². The molecule has 0 saturated carbocycles. The first kappa shape index (κ1) is 22.6. The maximum atomic E-state index is 13.2. The molecule has 7 nitrogen and oxygen atoms in total. The van der Waals surface area contributed by atoms with Crippen molar-refractivity contribution in [3.8, 4) is 17.2 Å². The second-order valence-electron chi connectivity index (χ2n) is 6.07. The molecule has 3 aromatic rings. The molecule has 0 spiro atoms. The SMILES string of the molecule is COc1cc(/C=C/C(=O)Nc2nnc(SCc3cccc(F)c3)s2)cc(OC)c1OC. The standard InChI is InChI=1S/C21H20FN3O4S2/c1-27-16-10-13(11-17(28-2)19(16)29-3)7-8-18(26)23-20-24-25-21(31-20)30-12-14-5-4-6-15(22)9-14/h4-11H,12H2,1-3H3,(H,23,24,26)/b8-7+. The number of carbonyl (C=O) groups is 1. The van der Waals surface area contributed by atoms with E-state index in [2.05, 4.69) is 15.5 Å². The van der Waals surface area contributed by atoms with Gasteiger partial charge in [-0.1, -0.05) is 35.2 Å². The fourth-order valence-electron chi connectivity index (χ4n) is 2.61. The zero-order valence-corrected chi connectivity index (χ0v) is 18.7. The normalized spacial score (nSPS) is 10.8. The van der Waals surface area contributed by atoms with Gasteiger partial charge in [-0.3, -0.25) is 10.1 Å². The lowest BCUT2D eigenvalue weighted by Crippen LogP contribution is -2.07. The number of hydrogen-bond donors (Lipinski definition) is 1. The molecule has 0 fully saturated rings. The molecular formula is C21H20FN3O4S2. The molecule has 0 unspecified atom stereocenters. The lowest BCUT2D eigenvalue weighted by molar-refractivity contribution is -0.111. The number of rotatable bonds is 9. The van der Waals surface area contributed by atoms with E-state index < -0.39 is 0 Å². The zero-order chi connectivity index (χ0) is 22.2. The van der Waals surface area contributed by atoms with Crippen LogP contribution in [-0.2, 0) is 10.5 Å². The van der Waals surface area contributed by atoms with E-state index in [1.807, 2.05) is 6.07 Å². The number of anilines is 1. The summed E-state index contributed by atoms with van der Waals surface area (Å²) in [6.07, 6.45) is 3.00. The van der Waals surface area contributed by atoms with Crippen molar-refractivity contribution < 1.29 is 23.4 Å². The van der Waals surface area contributed by atoms with Crippen molar-refractivity contribution in [2.75, 3.05) is 26.6 Å². The Morgan fingerprint density at radius 2 is 1.87 bits per heavy atom. The Kier molecular flexibility index (Phi) is 7.85. The highest BCUT2D eigenvalue weighted by molar-refractivity contribution is 8.00. The third-order valence-corrected chi connectivity index (χ3v) is 6.05. The number of benzene rings is 2. The number of nitrogens with zero attached hydrogens (tertiary/aromatic N) is 2. The van der Waals surface area contributed by atoms with Crippen LogP contribution in [0.3, 0.4) is 0 Å². The van der Waals surface area contributed by atoms with Crippen LogP contribution in [0.25, 0.3) is 6.08 Å². The summed E-state index contributed by atoms with van der Waals surface area (Å²) >= 11 is 2.67. The fourth-order valence-corrected chi connectivity index (χ4v) is 4.30. The van der Waals surface area contributed by atoms with Crippen LogP contribution in [0.4, 0.5) is 9.52 Å². The molecule has 0 radical (unpaired) electrons. The van der Waals surface area contributed by atoms with Gasteiger partial charge in [-0.2, -0.15) is 0 Å². The molecule has 0 aliphatic heterocycles. The average molecular weight is 462 g/mol. The molecule has 1 amide bonds. The highest BCUT2D eigenvalue weighted by atomic mass is 32.2. The van der Waals surface area contributed by atoms with Gasteiger partial charge < -0.3 is 14.2 Å². The van der Waals surface area contributed by atoms with Gasteiger partial charge in [0.25, 0.3) is 0 Å². The smallest absolute Gasteiger partial charge is 0.250 e. The van der Waals surface area contributed by atoms with Gasteiger partial charge in [0.15, 0.2) is 15.8 Å². The largest absolute Gasteiger partial charge is 0.493 e. The van der Waals surface area contributed by atoms with E-state index >= 15 is 0 Å². The third-order valence-electron chi connectivity index (χ3n) is 4.00. The van der Waals surface area contributed by atoms with Crippen LogP contribution < -0.4 is 19.5 Å². The minimum Gasteiger partial charge on any atom is -0.493 e. The van der Waals surface area contributed by atoms with E-state index in [1.165, 1.54) is 62.6 Å². The van der Waals surface area contributed by atoms with Crippen LogP contribution in [0.2, 0.25) is 0 Å². The van der Waals surface area contributed by atoms with Gasteiger partial charge in [-0.05, 0) is 41.5 Å². The number of carbonyl (C=O) groups excluding carboxylic acids is 1. The summed E-state index contributed by atoms with van der Waals surface area (Å²) in [5, 5.41) is 11.1. The van der Waals surface area contributed by atoms with Gasteiger partial charge >= 0.3 is 0 Å². The average Bonchev–Trinajstić information content (AvgIpc) is 3.22. The summed E-state index contributed by atoms with van der Waals surface area (Å²) in [6.45, 7) is 0. The van der Waals surface area contributed by atoms with E-state index in [-0.39, 0.29) is 11.7 Å². The second kappa shape index (κ2) is 10.8. The molecule has 3 rings (SSSR count). The van der Waals surface area contributed by atoms with Crippen molar-refractivity contribution in [3.05, 3.63) is 59.4 Å². The Balaban J connectivity index is 1.60. The first-order valence-electron chi connectivity index (χ1n) is 9.02. The molecule has 162 valence electrons. The number of ether oxygens (including phenoxy) is 3. The van der Waals surface area contributed by atoms with Crippen molar-refractivity contribution in [2.24, 2.45) is 0 Å². The van der Waals surface area contributed by atoms with E-state index in [9.17, 15) is 9.18 Å². The quantitative estimate of drug-likeness (QED) is 0.282. The molecule has 31 heavy (non-hydrogen) atoms.